The summed E-state index contributed by atoms with van der Waals surface area (Å²) in [6.45, 7) is -0.0849. The number of hydrogen-bond donors (Lipinski definition) is 1. The summed E-state index contributed by atoms with van der Waals surface area (Å²) in [7, 11) is 0. The molecule has 4 rings (SSSR count). The van der Waals surface area contributed by atoms with Crippen LogP contribution in [-0.2, 0) is 11.2 Å². The number of ether oxygens (including phenoxy) is 1. The fourth-order valence-electron chi connectivity index (χ4n) is 3.14. The molecule has 1 N–H and O–H groups in total. The highest BCUT2D eigenvalue weighted by atomic mass is 79.9. The minimum Gasteiger partial charge on any atom is -0.484 e. The molecule has 0 saturated heterocycles. The predicted octanol–water partition coefficient (Wildman–Crippen LogP) is 4.55. The number of nitrogens with one attached hydrogen (secondary N) is 1. The zero-order chi connectivity index (χ0) is 18.6. The minimum atomic E-state index is -0.303. The lowest BCUT2D eigenvalue weighted by molar-refractivity contribution is -0.123. The monoisotopic (exact) mass is 420 g/mol. The van der Waals surface area contributed by atoms with E-state index in [2.05, 4.69) is 62.9 Å². The molecule has 1 amide bonds. The Bertz CT molecular complexity index is 1010. The largest absolute Gasteiger partial charge is 0.484 e. The molecule has 4 nitrogen and oxygen atoms in total. The molecule has 0 aliphatic heterocycles. The van der Waals surface area contributed by atoms with E-state index in [1.807, 2.05) is 18.2 Å². The number of carbonyl (C=O) groups excluding carboxylic acids is 1. The van der Waals surface area contributed by atoms with Crippen molar-refractivity contribution in [2.75, 3.05) is 6.61 Å². The molecule has 0 bridgehead atoms. The molecule has 1 aliphatic rings. The molecule has 27 heavy (non-hydrogen) atoms. The summed E-state index contributed by atoms with van der Waals surface area (Å²) in [5.41, 5.74) is 8.65. The van der Waals surface area contributed by atoms with Gasteiger partial charge < -0.3 is 4.74 Å². The van der Waals surface area contributed by atoms with Crippen LogP contribution in [0, 0.1) is 0 Å². The number of nitrogens with zero attached hydrogens (tertiary/aromatic N) is 1. The summed E-state index contributed by atoms with van der Waals surface area (Å²) in [5.74, 6) is 0.332. The van der Waals surface area contributed by atoms with Crippen molar-refractivity contribution in [3.05, 3.63) is 87.9 Å². The third-order valence-corrected chi connectivity index (χ3v) is 4.93. The Balaban J connectivity index is 1.33. The van der Waals surface area contributed by atoms with Gasteiger partial charge in [0.1, 0.15) is 5.75 Å². The van der Waals surface area contributed by atoms with Crippen molar-refractivity contribution in [2.24, 2.45) is 5.10 Å². The molecular weight excluding hydrogens is 404 g/mol. The Labute approximate surface area is 166 Å². The quantitative estimate of drug-likeness (QED) is 0.380. The van der Waals surface area contributed by atoms with E-state index in [0.29, 0.717) is 5.75 Å². The maximum absolute atomic E-state index is 11.9. The van der Waals surface area contributed by atoms with Gasteiger partial charge in [-0.15, -0.1) is 0 Å². The van der Waals surface area contributed by atoms with E-state index >= 15 is 0 Å². The Kier molecular flexibility index (Phi) is 5.03. The average molecular weight is 421 g/mol. The average Bonchev–Trinajstić information content (AvgIpc) is 3.05. The van der Waals surface area contributed by atoms with Gasteiger partial charge in [-0.25, -0.2) is 5.43 Å². The normalized spacial score (nSPS) is 11.9. The van der Waals surface area contributed by atoms with Crippen LogP contribution in [0.3, 0.4) is 0 Å². The second kappa shape index (κ2) is 7.76. The highest BCUT2D eigenvalue weighted by molar-refractivity contribution is 9.10. The lowest BCUT2D eigenvalue weighted by Gasteiger charge is -2.05. The van der Waals surface area contributed by atoms with Crippen molar-refractivity contribution in [1.82, 2.24) is 5.43 Å². The summed E-state index contributed by atoms with van der Waals surface area (Å²) >= 11 is 3.35. The van der Waals surface area contributed by atoms with Crippen LogP contribution in [0.15, 0.2) is 76.3 Å². The molecular formula is C22H17BrN2O2. The lowest BCUT2D eigenvalue weighted by atomic mass is 10.0. The van der Waals surface area contributed by atoms with Crippen LogP contribution in [0.25, 0.3) is 11.1 Å². The van der Waals surface area contributed by atoms with Crippen LogP contribution in [0.5, 0.6) is 5.75 Å². The number of hydrazone groups is 1. The molecule has 134 valence electrons. The molecule has 3 aromatic carbocycles. The number of halogens is 1. The van der Waals surface area contributed by atoms with Gasteiger partial charge in [-0.1, -0.05) is 52.3 Å². The summed E-state index contributed by atoms with van der Waals surface area (Å²) in [6, 6.07) is 22.0. The molecule has 0 heterocycles. The van der Waals surface area contributed by atoms with Crippen molar-refractivity contribution in [2.45, 2.75) is 6.42 Å². The second-order valence-electron chi connectivity index (χ2n) is 6.29. The van der Waals surface area contributed by atoms with Gasteiger partial charge in [-0.05, 0) is 64.6 Å². The molecule has 3 aromatic rings. The first-order valence-electron chi connectivity index (χ1n) is 8.60. The van der Waals surface area contributed by atoms with E-state index in [0.717, 1.165) is 16.5 Å². The summed E-state index contributed by atoms with van der Waals surface area (Å²) in [5, 5.41) is 4.03. The maximum atomic E-state index is 11.9. The van der Waals surface area contributed by atoms with Crippen molar-refractivity contribution in [3.8, 4) is 16.9 Å². The van der Waals surface area contributed by atoms with Crippen molar-refractivity contribution < 1.29 is 9.53 Å². The van der Waals surface area contributed by atoms with Crippen molar-refractivity contribution in [1.29, 1.82) is 0 Å². The molecule has 0 saturated carbocycles. The van der Waals surface area contributed by atoms with Crippen molar-refractivity contribution >= 4 is 28.1 Å². The van der Waals surface area contributed by atoms with Gasteiger partial charge in [0.2, 0.25) is 0 Å². The molecule has 1 aliphatic carbocycles. The topological polar surface area (TPSA) is 50.7 Å². The minimum absolute atomic E-state index is 0.0849. The van der Waals surface area contributed by atoms with Crippen molar-refractivity contribution in [3.63, 3.8) is 0 Å². The number of hydrogen-bond acceptors (Lipinski definition) is 3. The van der Waals surface area contributed by atoms with E-state index in [9.17, 15) is 4.79 Å². The first kappa shape index (κ1) is 17.5. The predicted molar refractivity (Wildman–Crippen MR) is 110 cm³/mol. The van der Waals surface area contributed by atoms with Crippen LogP contribution in [-0.4, -0.2) is 18.7 Å². The van der Waals surface area contributed by atoms with Gasteiger partial charge in [0, 0.05) is 4.47 Å². The molecule has 5 heteroatoms. The van der Waals surface area contributed by atoms with Crippen LogP contribution < -0.4 is 10.2 Å². The van der Waals surface area contributed by atoms with Gasteiger partial charge in [-0.3, -0.25) is 4.79 Å². The second-order valence-corrected chi connectivity index (χ2v) is 7.20. The van der Waals surface area contributed by atoms with Crippen LogP contribution in [0.2, 0.25) is 0 Å². The molecule has 0 spiro atoms. The van der Waals surface area contributed by atoms with Gasteiger partial charge in [0.25, 0.3) is 5.91 Å². The molecule has 0 unspecified atom stereocenters. The smallest absolute Gasteiger partial charge is 0.277 e. The molecule has 0 radical (unpaired) electrons. The lowest BCUT2D eigenvalue weighted by Crippen LogP contribution is -2.24. The van der Waals surface area contributed by atoms with Crippen LogP contribution in [0.4, 0.5) is 0 Å². The van der Waals surface area contributed by atoms with Crippen LogP contribution >= 0.6 is 15.9 Å². The SMILES string of the molecule is O=C(COc1ccc(Br)cc1)N/N=C/c1ccc2c(c1)Cc1ccccc1-2. The maximum Gasteiger partial charge on any atom is 0.277 e. The summed E-state index contributed by atoms with van der Waals surface area (Å²) in [6.07, 6.45) is 2.58. The Morgan fingerprint density at radius 1 is 1.04 bits per heavy atom. The number of benzene rings is 3. The molecule has 0 aromatic heterocycles. The van der Waals surface area contributed by atoms with E-state index in [4.69, 9.17) is 4.74 Å². The standard InChI is InChI=1S/C22H17BrN2O2/c23-18-6-8-19(9-7-18)27-14-22(26)25-24-13-15-5-10-21-17(11-15)12-16-3-1-2-4-20(16)21/h1-11,13H,12,14H2,(H,25,26)/b24-13+. The van der Waals surface area contributed by atoms with Crippen LogP contribution in [0.1, 0.15) is 16.7 Å². The summed E-state index contributed by atoms with van der Waals surface area (Å²) in [4.78, 5) is 11.9. The first-order valence-corrected chi connectivity index (χ1v) is 9.40. The summed E-state index contributed by atoms with van der Waals surface area (Å²) < 4.78 is 6.37. The third-order valence-electron chi connectivity index (χ3n) is 4.40. The number of amides is 1. The number of carbonyl (C=O) groups is 1. The Morgan fingerprint density at radius 2 is 1.81 bits per heavy atom. The number of rotatable bonds is 5. The van der Waals surface area contributed by atoms with Gasteiger partial charge in [0.05, 0.1) is 6.21 Å². The van der Waals surface area contributed by atoms with Gasteiger partial charge in [-0.2, -0.15) is 5.10 Å². The highest BCUT2D eigenvalue weighted by Gasteiger charge is 2.17. The van der Waals surface area contributed by atoms with E-state index in [1.165, 1.54) is 22.3 Å². The fraction of sp³-hybridized carbons (Fsp3) is 0.0909. The van der Waals surface area contributed by atoms with E-state index in [1.54, 1.807) is 18.3 Å². The number of fused-ring (bicyclic) bond motifs is 3. The highest BCUT2D eigenvalue weighted by Crippen LogP contribution is 2.36. The third kappa shape index (κ3) is 4.09. The van der Waals surface area contributed by atoms with Gasteiger partial charge in [0.15, 0.2) is 6.61 Å². The van der Waals surface area contributed by atoms with E-state index < -0.39 is 0 Å². The zero-order valence-corrected chi connectivity index (χ0v) is 16.1. The van der Waals surface area contributed by atoms with E-state index in [-0.39, 0.29) is 12.5 Å². The van der Waals surface area contributed by atoms with Gasteiger partial charge >= 0.3 is 0 Å². The first-order chi connectivity index (χ1) is 13.2. The molecule has 0 fully saturated rings. The fourth-order valence-corrected chi connectivity index (χ4v) is 3.40. The Hall–Kier alpha value is -2.92. The zero-order valence-electron chi connectivity index (χ0n) is 14.5. The molecule has 0 atom stereocenters. The Morgan fingerprint density at radius 3 is 2.67 bits per heavy atom.